The van der Waals surface area contributed by atoms with Gasteiger partial charge in [-0.05, 0) is 36.2 Å². The Balaban J connectivity index is 1.34. The molecule has 0 saturated carbocycles. The number of nitrogens with one attached hydrogen (secondary N) is 2. The van der Waals surface area contributed by atoms with Crippen LogP contribution in [0, 0.1) is 0 Å². The molecule has 1 aliphatic rings. The van der Waals surface area contributed by atoms with Gasteiger partial charge in [-0.15, -0.1) is 0 Å². The van der Waals surface area contributed by atoms with Gasteiger partial charge < -0.3 is 19.8 Å². The number of rotatable bonds is 4. The summed E-state index contributed by atoms with van der Waals surface area (Å²) in [5.41, 5.74) is 3.74. The van der Waals surface area contributed by atoms with E-state index >= 15 is 0 Å². The molecule has 140 valence electrons. The van der Waals surface area contributed by atoms with E-state index in [1.54, 1.807) is 6.33 Å². The van der Waals surface area contributed by atoms with Crippen molar-refractivity contribution in [1.82, 2.24) is 24.8 Å². The van der Waals surface area contributed by atoms with Gasteiger partial charge in [-0.25, -0.2) is 4.98 Å². The fraction of sp³-hybridized carbons (Fsp3) is 0.350. The molecule has 7 nitrogen and oxygen atoms in total. The van der Waals surface area contributed by atoms with Crippen molar-refractivity contribution in [2.75, 3.05) is 26.2 Å². The molecule has 2 amide bonds. The van der Waals surface area contributed by atoms with E-state index in [9.17, 15) is 9.59 Å². The lowest BCUT2D eigenvalue weighted by atomic mass is 10.1. The molecule has 7 heteroatoms. The minimum atomic E-state index is 0.104. The lowest BCUT2D eigenvalue weighted by Gasteiger charge is -2.22. The summed E-state index contributed by atoms with van der Waals surface area (Å²) in [4.78, 5) is 39.3. The zero-order chi connectivity index (χ0) is 18.6. The van der Waals surface area contributed by atoms with E-state index in [-0.39, 0.29) is 11.8 Å². The predicted octanol–water partition coefficient (Wildman–Crippen LogP) is 1.74. The van der Waals surface area contributed by atoms with E-state index in [2.05, 4.69) is 15.0 Å². The van der Waals surface area contributed by atoms with E-state index in [0.717, 1.165) is 28.7 Å². The second-order valence-corrected chi connectivity index (χ2v) is 6.92. The summed E-state index contributed by atoms with van der Waals surface area (Å²) in [7, 11) is 0. The van der Waals surface area contributed by atoms with Crippen molar-refractivity contribution in [3.63, 3.8) is 0 Å². The van der Waals surface area contributed by atoms with Crippen molar-refractivity contribution in [3.05, 3.63) is 54.1 Å². The van der Waals surface area contributed by atoms with Crippen LogP contribution in [0.4, 0.5) is 0 Å². The number of H-pyrrole nitrogens is 2. The highest BCUT2D eigenvalue weighted by molar-refractivity contribution is 5.82. The van der Waals surface area contributed by atoms with Crippen LogP contribution >= 0.6 is 0 Å². The molecule has 0 radical (unpaired) electrons. The van der Waals surface area contributed by atoms with Crippen molar-refractivity contribution in [3.8, 4) is 0 Å². The maximum atomic E-state index is 12.7. The first-order chi connectivity index (χ1) is 13.2. The largest absolute Gasteiger partial charge is 0.365 e. The quantitative estimate of drug-likeness (QED) is 0.738. The molecular weight excluding hydrogens is 342 g/mol. The van der Waals surface area contributed by atoms with E-state index in [0.29, 0.717) is 39.0 Å². The number of aromatic amines is 2. The number of benzene rings is 1. The van der Waals surface area contributed by atoms with Crippen molar-refractivity contribution in [2.24, 2.45) is 0 Å². The number of amides is 2. The number of aromatic nitrogens is 3. The third-order valence-corrected chi connectivity index (χ3v) is 5.05. The number of carbonyl (C=O) groups excluding carboxylic acids is 2. The Morgan fingerprint density at radius 1 is 0.963 bits per heavy atom. The second-order valence-electron chi connectivity index (χ2n) is 6.92. The first kappa shape index (κ1) is 17.3. The smallest absolute Gasteiger partial charge is 0.228 e. The molecule has 0 unspecified atom stereocenters. The molecule has 1 fully saturated rings. The predicted molar refractivity (Wildman–Crippen MR) is 102 cm³/mol. The summed E-state index contributed by atoms with van der Waals surface area (Å²) in [6.45, 7) is 2.56. The number of carbonyl (C=O) groups is 2. The van der Waals surface area contributed by atoms with Gasteiger partial charge in [-0.3, -0.25) is 9.59 Å². The fourth-order valence-electron chi connectivity index (χ4n) is 3.55. The standard InChI is InChI=1S/C20H23N5O2/c26-19(12-15-4-5-17-18(11-15)23-14-22-17)24-7-2-8-25(10-9-24)20(27)13-16-3-1-6-21-16/h1,3-6,11,14,21H,2,7-10,12-13H2,(H,22,23). The lowest BCUT2D eigenvalue weighted by Crippen LogP contribution is -2.38. The molecule has 3 heterocycles. The van der Waals surface area contributed by atoms with Crippen LogP contribution in [0.2, 0.25) is 0 Å². The molecule has 0 spiro atoms. The third-order valence-electron chi connectivity index (χ3n) is 5.05. The van der Waals surface area contributed by atoms with Gasteiger partial charge in [0.15, 0.2) is 0 Å². The Morgan fingerprint density at radius 2 is 1.74 bits per heavy atom. The van der Waals surface area contributed by atoms with Crippen molar-refractivity contribution in [2.45, 2.75) is 19.3 Å². The molecule has 1 aliphatic heterocycles. The maximum absolute atomic E-state index is 12.7. The molecule has 4 rings (SSSR count). The molecule has 27 heavy (non-hydrogen) atoms. The molecular formula is C20H23N5O2. The molecule has 2 N–H and O–H groups in total. The average molecular weight is 365 g/mol. The molecule has 3 aromatic rings. The van der Waals surface area contributed by atoms with Crippen LogP contribution in [0.3, 0.4) is 0 Å². The van der Waals surface area contributed by atoms with Gasteiger partial charge in [0.05, 0.1) is 30.2 Å². The van der Waals surface area contributed by atoms with Crippen LogP contribution in [0.5, 0.6) is 0 Å². The monoisotopic (exact) mass is 365 g/mol. The summed E-state index contributed by atoms with van der Waals surface area (Å²) < 4.78 is 0. The van der Waals surface area contributed by atoms with Gasteiger partial charge in [-0.1, -0.05) is 6.07 Å². The maximum Gasteiger partial charge on any atom is 0.228 e. The van der Waals surface area contributed by atoms with E-state index in [1.807, 2.05) is 46.3 Å². The van der Waals surface area contributed by atoms with Crippen molar-refractivity contribution < 1.29 is 9.59 Å². The van der Waals surface area contributed by atoms with Gasteiger partial charge in [0.25, 0.3) is 0 Å². The second kappa shape index (κ2) is 7.65. The molecule has 1 aromatic carbocycles. The highest BCUT2D eigenvalue weighted by Gasteiger charge is 2.22. The molecule has 0 aliphatic carbocycles. The number of nitrogens with zero attached hydrogens (tertiary/aromatic N) is 3. The Kier molecular flexibility index (Phi) is 4.91. The zero-order valence-electron chi connectivity index (χ0n) is 15.1. The van der Waals surface area contributed by atoms with E-state index < -0.39 is 0 Å². The van der Waals surface area contributed by atoms with Gasteiger partial charge in [0.1, 0.15) is 0 Å². The normalized spacial score (nSPS) is 15.1. The first-order valence-electron chi connectivity index (χ1n) is 9.29. The number of imidazole rings is 1. The Labute approximate surface area is 157 Å². The van der Waals surface area contributed by atoms with Crippen LogP contribution in [0.15, 0.2) is 42.9 Å². The van der Waals surface area contributed by atoms with Crippen LogP contribution < -0.4 is 0 Å². The summed E-state index contributed by atoms with van der Waals surface area (Å²) in [5, 5.41) is 0. The minimum Gasteiger partial charge on any atom is -0.365 e. The molecule has 1 saturated heterocycles. The van der Waals surface area contributed by atoms with Gasteiger partial charge in [0, 0.05) is 38.1 Å². The van der Waals surface area contributed by atoms with Crippen LogP contribution in [-0.4, -0.2) is 62.7 Å². The third kappa shape index (κ3) is 4.02. The van der Waals surface area contributed by atoms with Crippen molar-refractivity contribution in [1.29, 1.82) is 0 Å². The van der Waals surface area contributed by atoms with Gasteiger partial charge in [-0.2, -0.15) is 0 Å². The summed E-state index contributed by atoms with van der Waals surface area (Å²) in [6, 6.07) is 9.67. The van der Waals surface area contributed by atoms with Crippen LogP contribution in [-0.2, 0) is 22.4 Å². The Hall–Kier alpha value is -3.09. The van der Waals surface area contributed by atoms with E-state index in [1.165, 1.54) is 0 Å². The summed E-state index contributed by atoms with van der Waals surface area (Å²) >= 11 is 0. The SMILES string of the molecule is O=C(Cc1ccc2nc[nH]c2c1)N1CCCN(C(=O)Cc2ccc[nH]2)CC1. The number of hydrogen-bond donors (Lipinski definition) is 2. The van der Waals surface area contributed by atoms with Crippen molar-refractivity contribution >= 4 is 22.8 Å². The summed E-state index contributed by atoms with van der Waals surface area (Å²) in [5.74, 6) is 0.212. The van der Waals surface area contributed by atoms with Crippen LogP contribution in [0.1, 0.15) is 17.7 Å². The lowest BCUT2D eigenvalue weighted by molar-refractivity contribution is -0.132. The van der Waals surface area contributed by atoms with Crippen LogP contribution in [0.25, 0.3) is 11.0 Å². The topological polar surface area (TPSA) is 85.1 Å². The average Bonchev–Trinajstić information content (AvgIpc) is 3.27. The van der Waals surface area contributed by atoms with Gasteiger partial charge in [0.2, 0.25) is 11.8 Å². The van der Waals surface area contributed by atoms with Gasteiger partial charge >= 0.3 is 0 Å². The number of fused-ring (bicyclic) bond motifs is 1. The summed E-state index contributed by atoms with van der Waals surface area (Å²) in [6.07, 6.45) is 5.04. The molecule has 0 atom stereocenters. The Bertz CT molecular complexity index is 931. The highest BCUT2D eigenvalue weighted by atomic mass is 16.2. The first-order valence-corrected chi connectivity index (χ1v) is 9.29. The van der Waals surface area contributed by atoms with E-state index in [4.69, 9.17) is 0 Å². The fourth-order valence-corrected chi connectivity index (χ4v) is 3.55. The number of hydrogen-bond acceptors (Lipinski definition) is 3. The molecule has 0 bridgehead atoms. The zero-order valence-corrected chi connectivity index (χ0v) is 15.1. The molecule has 2 aromatic heterocycles. The Morgan fingerprint density at radius 3 is 2.48 bits per heavy atom. The minimum absolute atomic E-state index is 0.104. The highest BCUT2D eigenvalue weighted by Crippen LogP contribution is 2.14.